The van der Waals surface area contributed by atoms with Gasteiger partial charge in [0.2, 0.25) is 0 Å². The number of benzene rings is 2. The Balaban J connectivity index is 0.000000409. The molecule has 4 rings (SSSR count). The minimum atomic E-state index is 0. The first kappa shape index (κ1) is 22.4. The van der Waals surface area contributed by atoms with Gasteiger partial charge in [0, 0.05) is 0 Å². The van der Waals surface area contributed by atoms with Crippen molar-refractivity contribution in [1.29, 1.82) is 0 Å². The monoisotopic (exact) mass is 490 g/mol. The first-order chi connectivity index (χ1) is 10.7. The molecule has 0 fully saturated rings. The van der Waals surface area contributed by atoms with Gasteiger partial charge in [-0.05, 0) is 0 Å². The van der Waals surface area contributed by atoms with Gasteiger partial charge in [-0.3, -0.25) is 6.08 Å². The van der Waals surface area contributed by atoms with Crippen molar-refractivity contribution in [3.63, 3.8) is 0 Å². The maximum absolute atomic E-state index is 2.99. The third-order valence-electron chi connectivity index (χ3n) is 3.11. The number of hydrogen-bond acceptors (Lipinski definition) is 0. The Labute approximate surface area is 157 Å². The summed E-state index contributed by atoms with van der Waals surface area (Å²) in [5.74, 6) is 0. The van der Waals surface area contributed by atoms with E-state index in [-0.39, 0.29) is 9.41 Å². The second kappa shape index (κ2) is 11.9. The van der Waals surface area contributed by atoms with Crippen LogP contribution in [0.1, 0.15) is 20.3 Å². The maximum Gasteiger partial charge on any atom is -0.0771 e. The molecular weight excluding hydrogens is 469 g/mol. The summed E-state index contributed by atoms with van der Waals surface area (Å²) in [4.78, 5) is 0. The molecule has 0 N–H and O–H groups in total. The summed E-state index contributed by atoms with van der Waals surface area (Å²) in [5.41, 5.74) is 0. The molecule has 0 atom stereocenters. The molecule has 0 bridgehead atoms. The zero-order valence-corrected chi connectivity index (χ0v) is 17.5. The fraction of sp³-hybridized carbons (Fsp3) is 0.143. The molecule has 0 heterocycles. The van der Waals surface area contributed by atoms with E-state index in [1.165, 1.54) is 45.4 Å². The Kier molecular flexibility index (Phi) is 11.1. The van der Waals surface area contributed by atoms with Gasteiger partial charge in [0.15, 0.2) is 0 Å². The van der Waals surface area contributed by atoms with Crippen LogP contribution in [0.3, 0.4) is 0 Å². The second-order valence-electron chi connectivity index (χ2n) is 5.32. The molecule has 1 aliphatic carbocycles. The van der Waals surface area contributed by atoms with Gasteiger partial charge in [-0.2, -0.15) is 6.08 Å². The van der Waals surface area contributed by atoms with Crippen molar-refractivity contribution in [2.24, 2.45) is 0 Å². The van der Waals surface area contributed by atoms with E-state index in [0.717, 1.165) is 6.42 Å². The standard InChI is InChI=1S/C13H9.C5H5.C3H6.2FH.Hf/c1-3-7-12-10(5-1)9-11-6-2-4-8-13(11)12;1-2-4-5-3-1;1-3-2;;;/h1-9H;1-3H,4H2;1-2H3;2*1H;/q2*-1;;;;+2/p-2. The van der Waals surface area contributed by atoms with Crippen molar-refractivity contribution < 1.29 is 33.3 Å². The number of hydrogen-bond donors (Lipinski definition) is 0. The van der Waals surface area contributed by atoms with Crippen molar-refractivity contribution in [2.45, 2.75) is 20.3 Å². The normalized spacial score (nSPS) is 10.8. The van der Waals surface area contributed by atoms with E-state index >= 15 is 0 Å². The molecule has 24 heavy (non-hydrogen) atoms. The molecule has 0 amide bonds. The summed E-state index contributed by atoms with van der Waals surface area (Å²) in [6.45, 7) is 4.29. The summed E-state index contributed by atoms with van der Waals surface area (Å²) in [6.07, 6.45) is 10.0. The average molecular weight is 489 g/mol. The van der Waals surface area contributed by atoms with Crippen LogP contribution in [0.25, 0.3) is 21.5 Å². The molecule has 3 heteroatoms. The summed E-state index contributed by atoms with van der Waals surface area (Å²) in [7, 11) is 0. The van der Waals surface area contributed by atoms with E-state index in [0.29, 0.717) is 0 Å². The quantitative estimate of drug-likeness (QED) is 0.303. The minimum absolute atomic E-state index is 0. The predicted molar refractivity (Wildman–Crippen MR) is 95.0 cm³/mol. The van der Waals surface area contributed by atoms with Crippen LogP contribution >= 0.6 is 0 Å². The molecule has 0 saturated carbocycles. The smallest absolute Gasteiger partial charge is 0.0771 e. The third kappa shape index (κ3) is 6.88. The van der Waals surface area contributed by atoms with Gasteiger partial charge < -0.3 is 9.41 Å². The van der Waals surface area contributed by atoms with Crippen molar-refractivity contribution in [1.82, 2.24) is 0 Å². The Bertz CT molecular complexity index is 748. The van der Waals surface area contributed by atoms with Crippen molar-refractivity contribution in [2.75, 3.05) is 0 Å². The van der Waals surface area contributed by atoms with Gasteiger partial charge in [-0.25, -0.2) is 12.2 Å². The average Bonchev–Trinajstić information content (AvgIpc) is 3.18. The van der Waals surface area contributed by atoms with E-state index in [2.05, 4.69) is 80.6 Å². The van der Waals surface area contributed by atoms with Gasteiger partial charge in [0.1, 0.15) is 0 Å². The van der Waals surface area contributed by atoms with Crippen LogP contribution in [0.4, 0.5) is 0 Å². The van der Waals surface area contributed by atoms with E-state index in [1.807, 2.05) is 12.2 Å². The first-order valence-corrected chi connectivity index (χ1v) is 9.25. The maximum atomic E-state index is 2.99. The van der Waals surface area contributed by atoms with E-state index in [1.54, 1.807) is 3.26 Å². The predicted octanol–water partition coefficient (Wildman–Crippen LogP) is -0.229. The molecular formula is C21H20F2Hf-2. The van der Waals surface area contributed by atoms with E-state index in [4.69, 9.17) is 0 Å². The minimum Gasteiger partial charge on any atom is -1.00 e. The van der Waals surface area contributed by atoms with E-state index < -0.39 is 0 Å². The third-order valence-corrected chi connectivity index (χ3v) is 3.11. The molecule has 0 spiro atoms. The van der Waals surface area contributed by atoms with Gasteiger partial charge >= 0.3 is 41.0 Å². The number of halogens is 2. The molecule has 0 unspecified atom stereocenters. The van der Waals surface area contributed by atoms with Crippen LogP contribution in [-0.2, 0) is 23.9 Å². The topological polar surface area (TPSA) is 0 Å². The molecule has 0 saturated heterocycles. The number of rotatable bonds is 0. The summed E-state index contributed by atoms with van der Waals surface area (Å²) >= 11 is 1.27. The van der Waals surface area contributed by atoms with E-state index in [9.17, 15) is 0 Å². The molecule has 1 aliphatic rings. The molecule has 0 aromatic heterocycles. The van der Waals surface area contributed by atoms with Crippen LogP contribution in [0.15, 0.2) is 72.8 Å². The van der Waals surface area contributed by atoms with Gasteiger partial charge in [-0.1, -0.05) is 36.4 Å². The SMILES string of the molecule is C[C](C)=[Hf+2].[C-]1=CC=CC1.[F-].[F-].c1ccc2c(c1)[cH-]c1ccccc12. The van der Waals surface area contributed by atoms with Gasteiger partial charge in [0.25, 0.3) is 0 Å². The molecule has 0 nitrogen and oxygen atoms in total. The largest absolute Gasteiger partial charge is 1.00 e. The molecule has 124 valence electrons. The fourth-order valence-electron chi connectivity index (χ4n) is 2.24. The van der Waals surface area contributed by atoms with Crippen molar-refractivity contribution in [3.05, 3.63) is 78.9 Å². The Morgan fingerprint density at radius 1 is 0.917 bits per heavy atom. The molecule has 3 aromatic rings. The van der Waals surface area contributed by atoms with Crippen LogP contribution in [0.2, 0.25) is 0 Å². The molecule has 0 radical (unpaired) electrons. The van der Waals surface area contributed by atoms with Crippen molar-refractivity contribution >= 4 is 24.8 Å². The fourth-order valence-corrected chi connectivity index (χ4v) is 2.24. The van der Waals surface area contributed by atoms with Crippen LogP contribution in [0.5, 0.6) is 0 Å². The molecule has 0 aliphatic heterocycles. The zero-order chi connectivity index (χ0) is 15.8. The second-order valence-corrected chi connectivity index (χ2v) is 8.91. The van der Waals surface area contributed by atoms with Crippen LogP contribution in [0, 0.1) is 6.08 Å². The Morgan fingerprint density at radius 2 is 1.38 bits per heavy atom. The zero-order valence-electron chi connectivity index (χ0n) is 13.9. The Hall–Kier alpha value is -1.61. The Morgan fingerprint density at radius 3 is 1.71 bits per heavy atom. The van der Waals surface area contributed by atoms with Crippen LogP contribution < -0.4 is 9.41 Å². The molecule has 3 aromatic carbocycles. The van der Waals surface area contributed by atoms with Gasteiger partial charge in [-0.15, -0.1) is 46.2 Å². The number of allylic oxidation sites excluding steroid dienone is 4. The number of fused-ring (bicyclic) bond motifs is 3. The van der Waals surface area contributed by atoms with Crippen molar-refractivity contribution in [3.8, 4) is 0 Å². The summed E-state index contributed by atoms with van der Waals surface area (Å²) in [6, 6.07) is 19.3. The van der Waals surface area contributed by atoms with Gasteiger partial charge in [0.05, 0.1) is 0 Å². The first-order valence-electron chi connectivity index (χ1n) is 7.45. The summed E-state index contributed by atoms with van der Waals surface area (Å²) < 4.78 is 1.56. The summed E-state index contributed by atoms with van der Waals surface area (Å²) in [5, 5.41) is 5.39. The van der Waals surface area contributed by atoms with Crippen LogP contribution in [-0.4, -0.2) is 3.26 Å².